The zero-order valence-corrected chi connectivity index (χ0v) is 14.6. The van der Waals surface area contributed by atoms with Gasteiger partial charge in [-0.2, -0.15) is 0 Å². The van der Waals surface area contributed by atoms with Gasteiger partial charge < -0.3 is 15.4 Å². The van der Waals surface area contributed by atoms with E-state index in [1.165, 1.54) is 13.0 Å². The normalized spacial score (nSPS) is 10.7. The topological polar surface area (TPSA) is 67.4 Å². The summed E-state index contributed by atoms with van der Waals surface area (Å²) < 4.78 is 5.63. The van der Waals surface area contributed by atoms with Gasteiger partial charge in [-0.15, -0.1) is 0 Å². The Morgan fingerprint density at radius 3 is 2.24 bits per heavy atom. The lowest BCUT2D eigenvalue weighted by Gasteiger charge is -2.09. The van der Waals surface area contributed by atoms with Crippen LogP contribution in [0, 0.1) is 0 Å². The van der Waals surface area contributed by atoms with Crippen LogP contribution in [0.1, 0.15) is 26.3 Å². The van der Waals surface area contributed by atoms with Gasteiger partial charge in [-0.25, -0.2) is 0 Å². The highest BCUT2D eigenvalue weighted by Crippen LogP contribution is 2.16. The van der Waals surface area contributed by atoms with Crippen molar-refractivity contribution in [3.8, 4) is 5.75 Å². The van der Waals surface area contributed by atoms with Gasteiger partial charge >= 0.3 is 0 Å². The number of anilines is 2. The van der Waals surface area contributed by atoms with Crippen molar-refractivity contribution in [2.45, 2.75) is 26.9 Å². The monoisotopic (exact) mass is 338 g/mol. The third-order valence-corrected chi connectivity index (χ3v) is 3.13. The van der Waals surface area contributed by atoms with Crippen LogP contribution < -0.4 is 15.4 Å². The fourth-order valence-corrected chi connectivity index (χ4v) is 2.16. The maximum absolute atomic E-state index is 12.0. The second kappa shape index (κ2) is 8.68. The number of ether oxygens (including phenoxy) is 1. The minimum Gasteiger partial charge on any atom is -0.491 e. The number of nitrogens with one attached hydrogen (secondary N) is 2. The van der Waals surface area contributed by atoms with Crippen LogP contribution in [-0.4, -0.2) is 17.9 Å². The van der Waals surface area contributed by atoms with Gasteiger partial charge in [0.25, 0.3) is 0 Å². The second-order valence-corrected chi connectivity index (χ2v) is 5.82. The van der Waals surface area contributed by atoms with Gasteiger partial charge in [0, 0.05) is 24.4 Å². The molecular formula is C20H22N2O3. The SMILES string of the molecule is CC(=O)Nc1ccc(NC(=O)/C=C/c2cccc(OC(C)C)c2)cc1. The van der Waals surface area contributed by atoms with Gasteiger partial charge in [-0.1, -0.05) is 12.1 Å². The van der Waals surface area contributed by atoms with Crippen molar-refractivity contribution < 1.29 is 14.3 Å². The maximum atomic E-state index is 12.0. The Balaban J connectivity index is 1.95. The zero-order chi connectivity index (χ0) is 18.2. The summed E-state index contributed by atoms with van der Waals surface area (Å²) >= 11 is 0. The van der Waals surface area contributed by atoms with Crippen LogP contribution in [0.3, 0.4) is 0 Å². The molecule has 0 saturated carbocycles. The maximum Gasteiger partial charge on any atom is 0.248 e. The molecule has 0 unspecified atom stereocenters. The first-order chi connectivity index (χ1) is 11.9. The fourth-order valence-electron chi connectivity index (χ4n) is 2.16. The molecule has 0 bridgehead atoms. The fraction of sp³-hybridized carbons (Fsp3) is 0.200. The average molecular weight is 338 g/mol. The van der Waals surface area contributed by atoms with E-state index in [0.717, 1.165) is 11.3 Å². The lowest BCUT2D eigenvalue weighted by Crippen LogP contribution is -2.08. The Morgan fingerprint density at radius 2 is 1.64 bits per heavy atom. The minimum absolute atomic E-state index is 0.1000. The molecule has 5 heteroatoms. The molecule has 0 aliphatic carbocycles. The van der Waals surface area contributed by atoms with Crippen LogP contribution in [0.25, 0.3) is 6.08 Å². The van der Waals surface area contributed by atoms with Crippen LogP contribution in [-0.2, 0) is 9.59 Å². The van der Waals surface area contributed by atoms with Gasteiger partial charge in [-0.05, 0) is 61.9 Å². The first kappa shape index (κ1) is 18.3. The lowest BCUT2D eigenvalue weighted by atomic mass is 10.2. The Kier molecular flexibility index (Phi) is 6.34. The van der Waals surface area contributed by atoms with E-state index < -0.39 is 0 Å². The molecule has 2 aromatic rings. The molecular weight excluding hydrogens is 316 g/mol. The molecule has 2 rings (SSSR count). The van der Waals surface area contributed by atoms with E-state index in [2.05, 4.69) is 10.6 Å². The van der Waals surface area contributed by atoms with E-state index in [9.17, 15) is 9.59 Å². The lowest BCUT2D eigenvalue weighted by molar-refractivity contribution is -0.114. The van der Waals surface area contributed by atoms with Gasteiger partial charge in [0.05, 0.1) is 6.10 Å². The highest BCUT2D eigenvalue weighted by Gasteiger charge is 2.01. The molecule has 130 valence electrons. The zero-order valence-electron chi connectivity index (χ0n) is 14.6. The largest absolute Gasteiger partial charge is 0.491 e. The summed E-state index contributed by atoms with van der Waals surface area (Å²) in [6.07, 6.45) is 3.30. The van der Waals surface area contributed by atoms with E-state index in [-0.39, 0.29) is 17.9 Å². The van der Waals surface area contributed by atoms with Gasteiger partial charge in [0.1, 0.15) is 5.75 Å². The Bertz CT molecular complexity index is 765. The molecule has 0 heterocycles. The number of carbonyl (C=O) groups is 2. The first-order valence-electron chi connectivity index (χ1n) is 8.06. The number of benzene rings is 2. The molecule has 0 atom stereocenters. The summed E-state index contributed by atoms with van der Waals surface area (Å²) in [7, 11) is 0. The molecule has 2 amide bonds. The summed E-state index contributed by atoms with van der Waals surface area (Å²) in [4.78, 5) is 23.0. The van der Waals surface area contributed by atoms with E-state index in [1.807, 2.05) is 38.1 Å². The van der Waals surface area contributed by atoms with Crippen molar-refractivity contribution in [3.63, 3.8) is 0 Å². The molecule has 0 aromatic heterocycles. The molecule has 0 fully saturated rings. The first-order valence-corrected chi connectivity index (χ1v) is 8.06. The predicted molar refractivity (Wildman–Crippen MR) is 101 cm³/mol. The van der Waals surface area contributed by atoms with E-state index in [0.29, 0.717) is 11.4 Å². The summed E-state index contributed by atoms with van der Waals surface area (Å²) in [6.45, 7) is 5.38. The summed E-state index contributed by atoms with van der Waals surface area (Å²) in [6, 6.07) is 14.5. The van der Waals surface area contributed by atoms with Crippen molar-refractivity contribution in [2.24, 2.45) is 0 Å². The molecule has 2 N–H and O–H groups in total. The highest BCUT2D eigenvalue weighted by molar-refractivity contribution is 6.02. The molecule has 25 heavy (non-hydrogen) atoms. The molecule has 0 spiro atoms. The van der Waals surface area contributed by atoms with Gasteiger partial charge in [0.2, 0.25) is 11.8 Å². The van der Waals surface area contributed by atoms with E-state index in [4.69, 9.17) is 4.74 Å². The number of hydrogen-bond acceptors (Lipinski definition) is 3. The summed E-state index contributed by atoms with van der Waals surface area (Å²) in [5.74, 6) is 0.400. The van der Waals surface area contributed by atoms with Crippen molar-refractivity contribution >= 4 is 29.3 Å². The molecule has 5 nitrogen and oxygen atoms in total. The Hall–Kier alpha value is -3.08. The number of rotatable bonds is 6. The van der Waals surface area contributed by atoms with Crippen molar-refractivity contribution in [1.82, 2.24) is 0 Å². The van der Waals surface area contributed by atoms with Crippen LogP contribution in [0.15, 0.2) is 54.6 Å². The second-order valence-electron chi connectivity index (χ2n) is 5.82. The highest BCUT2D eigenvalue weighted by atomic mass is 16.5. The predicted octanol–water partition coefficient (Wildman–Crippen LogP) is 4.08. The van der Waals surface area contributed by atoms with Crippen molar-refractivity contribution in [2.75, 3.05) is 10.6 Å². The quantitative estimate of drug-likeness (QED) is 0.780. The van der Waals surface area contributed by atoms with Gasteiger partial charge in [-0.3, -0.25) is 9.59 Å². The third kappa shape index (κ3) is 6.51. The van der Waals surface area contributed by atoms with Crippen LogP contribution in [0.4, 0.5) is 11.4 Å². The number of amides is 2. The molecule has 0 aliphatic rings. The summed E-state index contributed by atoms with van der Waals surface area (Å²) in [5, 5.41) is 5.44. The van der Waals surface area contributed by atoms with Crippen molar-refractivity contribution in [1.29, 1.82) is 0 Å². The number of hydrogen-bond donors (Lipinski definition) is 2. The van der Waals surface area contributed by atoms with Crippen LogP contribution in [0.2, 0.25) is 0 Å². The Morgan fingerprint density at radius 1 is 1.00 bits per heavy atom. The number of carbonyl (C=O) groups excluding carboxylic acids is 2. The molecule has 0 saturated heterocycles. The minimum atomic E-state index is -0.234. The van der Waals surface area contributed by atoms with E-state index in [1.54, 1.807) is 30.3 Å². The smallest absolute Gasteiger partial charge is 0.248 e. The standard InChI is InChI=1S/C20H22N2O3/c1-14(2)25-19-6-4-5-16(13-19)7-12-20(24)22-18-10-8-17(9-11-18)21-15(3)23/h4-14H,1-3H3,(H,21,23)(H,22,24)/b12-7+. The Labute approximate surface area is 147 Å². The van der Waals surface area contributed by atoms with Gasteiger partial charge in [0.15, 0.2) is 0 Å². The van der Waals surface area contributed by atoms with Crippen molar-refractivity contribution in [3.05, 3.63) is 60.2 Å². The van der Waals surface area contributed by atoms with Crippen LogP contribution >= 0.6 is 0 Å². The third-order valence-electron chi connectivity index (χ3n) is 3.13. The summed E-state index contributed by atoms with van der Waals surface area (Å²) in [5.41, 5.74) is 2.22. The molecule has 0 radical (unpaired) electrons. The molecule has 0 aliphatic heterocycles. The van der Waals surface area contributed by atoms with E-state index >= 15 is 0 Å². The average Bonchev–Trinajstić information content (AvgIpc) is 2.54. The van der Waals surface area contributed by atoms with Crippen LogP contribution in [0.5, 0.6) is 5.75 Å². The molecule has 2 aromatic carbocycles.